The van der Waals surface area contributed by atoms with E-state index in [1.165, 1.54) is 12.0 Å². The first kappa shape index (κ1) is 30.6. The second-order valence-corrected chi connectivity index (χ2v) is 10.4. The van der Waals surface area contributed by atoms with Crippen LogP contribution in [0.15, 0.2) is 48.0 Å². The highest BCUT2D eigenvalue weighted by molar-refractivity contribution is 7.17. The summed E-state index contributed by atoms with van der Waals surface area (Å²) in [5.74, 6) is -1.34. The van der Waals surface area contributed by atoms with Crippen molar-refractivity contribution < 1.29 is 38.4 Å². The number of nitrogens with zero attached hydrogens (tertiary/aromatic N) is 2. The van der Waals surface area contributed by atoms with Crippen LogP contribution < -0.4 is 19.1 Å². The summed E-state index contributed by atoms with van der Waals surface area (Å²) >= 11 is 0.941. The molecule has 1 aliphatic heterocycles. The van der Waals surface area contributed by atoms with Gasteiger partial charge in [0.15, 0.2) is 16.6 Å². The van der Waals surface area contributed by atoms with Crippen LogP contribution in [-0.2, 0) is 14.3 Å². The van der Waals surface area contributed by atoms with Gasteiger partial charge >= 0.3 is 11.9 Å². The summed E-state index contributed by atoms with van der Waals surface area (Å²) in [6, 6.07) is 10.6. The molecule has 4 rings (SSSR count). The second kappa shape index (κ2) is 13.5. The van der Waals surface area contributed by atoms with Crippen LogP contribution in [0.5, 0.6) is 17.2 Å². The van der Waals surface area contributed by atoms with E-state index in [0.29, 0.717) is 47.3 Å². The molecule has 1 atom stereocenters. The normalized spacial score (nSPS) is 16.0. The van der Waals surface area contributed by atoms with Crippen LogP contribution in [0.1, 0.15) is 66.1 Å². The molecule has 11 heteroatoms. The van der Waals surface area contributed by atoms with Gasteiger partial charge < -0.3 is 24.1 Å². The van der Waals surface area contributed by atoms with Gasteiger partial charge in [0.2, 0.25) is 0 Å². The number of aryl methyl sites for hydroxylation is 1. The molecule has 2 heterocycles. The average molecular weight is 595 g/mol. The second-order valence-electron chi connectivity index (χ2n) is 9.37. The molecule has 222 valence electrons. The van der Waals surface area contributed by atoms with Gasteiger partial charge in [-0.15, -0.1) is 0 Å². The molecule has 1 aromatic heterocycles. The first-order valence-corrected chi connectivity index (χ1v) is 14.6. The van der Waals surface area contributed by atoms with Gasteiger partial charge in [0, 0.05) is 5.56 Å². The number of unbranched alkanes of at least 4 members (excludes halogenated alkanes) is 1. The fraction of sp³-hybridized carbons (Fsp3) is 0.355. The highest BCUT2D eigenvalue weighted by atomic mass is 32.1. The molecule has 1 aliphatic rings. The number of carbonyl (C=O) groups excluding carboxylic acids is 3. The summed E-state index contributed by atoms with van der Waals surface area (Å²) in [6.45, 7) is 8.29. The minimum absolute atomic E-state index is 0.118. The van der Waals surface area contributed by atoms with Crippen molar-refractivity contribution >= 4 is 39.9 Å². The van der Waals surface area contributed by atoms with Crippen molar-refractivity contribution in [3.8, 4) is 17.2 Å². The van der Waals surface area contributed by atoms with Crippen molar-refractivity contribution in [1.29, 1.82) is 0 Å². The van der Waals surface area contributed by atoms with Crippen LogP contribution in [0.3, 0.4) is 0 Å². The predicted octanol–water partition coefficient (Wildman–Crippen LogP) is 5.84. The number of aliphatic hydroxyl groups is 1. The maximum Gasteiger partial charge on any atom is 0.350 e. The van der Waals surface area contributed by atoms with E-state index in [0.717, 1.165) is 24.2 Å². The van der Waals surface area contributed by atoms with E-state index in [2.05, 4.69) is 11.9 Å². The van der Waals surface area contributed by atoms with Crippen molar-refractivity contribution in [3.63, 3.8) is 0 Å². The van der Waals surface area contributed by atoms with Gasteiger partial charge in [-0.25, -0.2) is 9.78 Å². The third-order valence-corrected chi connectivity index (χ3v) is 7.71. The van der Waals surface area contributed by atoms with Crippen molar-refractivity contribution in [2.75, 3.05) is 31.8 Å². The number of aliphatic hydroxyl groups excluding tert-OH is 1. The molecule has 0 saturated carbocycles. The minimum Gasteiger partial charge on any atom is -0.507 e. The lowest BCUT2D eigenvalue weighted by Crippen LogP contribution is -2.29. The van der Waals surface area contributed by atoms with E-state index in [9.17, 15) is 19.5 Å². The number of ketones is 1. The van der Waals surface area contributed by atoms with E-state index in [-0.39, 0.29) is 27.9 Å². The number of amides is 1. The highest BCUT2D eigenvalue weighted by Crippen LogP contribution is 2.45. The number of hydrogen-bond acceptors (Lipinski definition) is 10. The van der Waals surface area contributed by atoms with Crippen LogP contribution in [0.2, 0.25) is 0 Å². The summed E-state index contributed by atoms with van der Waals surface area (Å²) in [5.41, 5.74) is 0.997. The highest BCUT2D eigenvalue weighted by Gasteiger charge is 2.48. The Bertz CT molecular complexity index is 1510. The quantitative estimate of drug-likeness (QED) is 0.0905. The molecular formula is C31H34N2O8S. The van der Waals surface area contributed by atoms with Gasteiger partial charge in [-0.2, -0.15) is 0 Å². The number of hydrogen-bond donors (Lipinski definition) is 1. The van der Waals surface area contributed by atoms with Gasteiger partial charge in [-0.05, 0) is 57.0 Å². The summed E-state index contributed by atoms with van der Waals surface area (Å²) in [6.07, 6.45) is 1.82. The molecule has 2 aromatic carbocycles. The maximum atomic E-state index is 13.6. The van der Waals surface area contributed by atoms with Gasteiger partial charge in [0.25, 0.3) is 5.78 Å². The Morgan fingerprint density at radius 3 is 2.52 bits per heavy atom. The average Bonchev–Trinajstić information content (AvgIpc) is 3.49. The number of esters is 1. The molecule has 0 radical (unpaired) electrons. The largest absolute Gasteiger partial charge is 0.507 e. The van der Waals surface area contributed by atoms with Crippen molar-refractivity contribution in [3.05, 3.63) is 69.7 Å². The SMILES string of the molecule is CCCCOc1ccc(C2C(=C(O)c3cccc(OCC)c3)C(=O)C(=O)N2c2nc(C)c(C(=O)OCC)s2)cc1OC. The Labute approximate surface area is 248 Å². The first-order chi connectivity index (χ1) is 20.2. The number of Topliss-reactive ketones (excluding diaryl/α,β-unsaturated/α-hetero) is 1. The Balaban J connectivity index is 1.90. The van der Waals surface area contributed by atoms with Crippen LogP contribution in [0.4, 0.5) is 5.13 Å². The Morgan fingerprint density at radius 2 is 1.83 bits per heavy atom. The smallest absolute Gasteiger partial charge is 0.350 e. The van der Waals surface area contributed by atoms with E-state index in [1.54, 1.807) is 56.3 Å². The van der Waals surface area contributed by atoms with Crippen LogP contribution in [0.25, 0.3) is 5.76 Å². The topological polar surface area (TPSA) is 124 Å². The fourth-order valence-electron chi connectivity index (χ4n) is 4.57. The molecule has 1 saturated heterocycles. The summed E-state index contributed by atoms with van der Waals surface area (Å²) in [5, 5.41) is 11.6. The predicted molar refractivity (Wildman–Crippen MR) is 159 cm³/mol. The lowest BCUT2D eigenvalue weighted by Gasteiger charge is -2.24. The van der Waals surface area contributed by atoms with E-state index in [1.807, 2.05) is 6.92 Å². The molecule has 0 aliphatic carbocycles. The van der Waals surface area contributed by atoms with Crippen LogP contribution in [-0.4, -0.2) is 54.7 Å². The van der Waals surface area contributed by atoms with E-state index >= 15 is 0 Å². The third-order valence-electron chi connectivity index (χ3n) is 6.57. The number of thiazole rings is 1. The monoisotopic (exact) mass is 594 g/mol. The first-order valence-electron chi connectivity index (χ1n) is 13.7. The van der Waals surface area contributed by atoms with Crippen molar-refractivity contribution in [2.24, 2.45) is 0 Å². The molecule has 3 aromatic rings. The molecular weight excluding hydrogens is 560 g/mol. The van der Waals surface area contributed by atoms with Crippen LogP contribution in [0, 0.1) is 6.92 Å². The molecule has 0 spiro atoms. The van der Waals surface area contributed by atoms with Crippen molar-refractivity contribution in [2.45, 2.75) is 46.6 Å². The third kappa shape index (κ3) is 6.11. The lowest BCUT2D eigenvalue weighted by atomic mass is 9.95. The lowest BCUT2D eigenvalue weighted by molar-refractivity contribution is -0.132. The molecule has 42 heavy (non-hydrogen) atoms. The molecule has 0 bridgehead atoms. The van der Waals surface area contributed by atoms with Gasteiger partial charge in [-0.1, -0.05) is 42.9 Å². The molecule has 1 unspecified atom stereocenters. The zero-order valence-corrected chi connectivity index (χ0v) is 25.1. The molecule has 1 amide bonds. The van der Waals surface area contributed by atoms with Gasteiger partial charge in [0.1, 0.15) is 16.4 Å². The zero-order valence-electron chi connectivity index (χ0n) is 24.3. The van der Waals surface area contributed by atoms with Gasteiger partial charge in [0.05, 0.1) is 44.2 Å². The number of anilines is 1. The maximum absolute atomic E-state index is 13.6. The Hall–Kier alpha value is -4.38. The summed E-state index contributed by atoms with van der Waals surface area (Å²) in [7, 11) is 1.50. The molecule has 10 nitrogen and oxygen atoms in total. The fourth-order valence-corrected chi connectivity index (χ4v) is 5.56. The number of aromatic nitrogens is 1. The number of ether oxygens (including phenoxy) is 4. The Morgan fingerprint density at radius 1 is 1.05 bits per heavy atom. The number of methoxy groups -OCH3 is 1. The van der Waals surface area contributed by atoms with Gasteiger partial charge in [-0.3, -0.25) is 14.5 Å². The standard InChI is InChI=1S/C31H34N2O8S/c1-6-9-15-41-22-14-13-19(17-23(22)38-5)25-24(26(34)20-11-10-12-21(16-20)39-7-2)27(35)29(36)33(25)31-32-18(4)28(42-31)30(37)40-8-3/h10-14,16-17,25,34H,6-9,15H2,1-5H3. The van der Waals surface area contributed by atoms with E-state index < -0.39 is 23.7 Å². The van der Waals surface area contributed by atoms with Crippen molar-refractivity contribution in [1.82, 2.24) is 4.98 Å². The molecule has 1 N–H and O–H groups in total. The number of rotatable bonds is 12. The molecule has 1 fully saturated rings. The van der Waals surface area contributed by atoms with E-state index in [4.69, 9.17) is 18.9 Å². The number of carbonyl (C=O) groups is 3. The minimum atomic E-state index is -1.08. The zero-order chi connectivity index (χ0) is 30.4. The summed E-state index contributed by atoms with van der Waals surface area (Å²) < 4.78 is 22.2. The number of benzene rings is 2. The Kier molecular flexibility index (Phi) is 9.84. The van der Waals surface area contributed by atoms with Crippen LogP contribution >= 0.6 is 11.3 Å². The summed E-state index contributed by atoms with van der Waals surface area (Å²) in [4.78, 5) is 45.7.